The summed E-state index contributed by atoms with van der Waals surface area (Å²) in [6, 6.07) is 3.53. The van der Waals surface area contributed by atoms with Crippen molar-refractivity contribution in [1.29, 1.82) is 0 Å². The second kappa shape index (κ2) is 4.33. The monoisotopic (exact) mass is 236 g/mol. The van der Waals surface area contributed by atoms with Gasteiger partial charge in [-0.2, -0.15) is 0 Å². The van der Waals surface area contributed by atoms with Gasteiger partial charge in [0.1, 0.15) is 11.9 Å². The molecule has 0 radical (unpaired) electrons. The van der Waals surface area contributed by atoms with Gasteiger partial charge < -0.3 is 10.5 Å². The molecule has 0 unspecified atom stereocenters. The number of ether oxygens (including phenoxy) is 1. The van der Waals surface area contributed by atoms with Crippen LogP contribution in [0.15, 0.2) is 12.1 Å². The van der Waals surface area contributed by atoms with E-state index in [4.69, 9.17) is 10.5 Å². The quantitative estimate of drug-likeness (QED) is 0.643. The average molecular weight is 236 g/mol. The first-order valence-corrected chi connectivity index (χ1v) is 5.65. The largest absolute Gasteiger partial charge is 0.490 e. The minimum Gasteiger partial charge on any atom is -0.490 e. The van der Waals surface area contributed by atoms with Crippen molar-refractivity contribution < 1.29 is 9.66 Å². The van der Waals surface area contributed by atoms with Crippen LogP contribution in [0.2, 0.25) is 0 Å². The number of hydrogen-bond donors (Lipinski definition) is 1. The minimum atomic E-state index is -0.370. The zero-order valence-corrected chi connectivity index (χ0v) is 9.97. The maximum absolute atomic E-state index is 10.8. The minimum absolute atomic E-state index is 0.139. The molecule has 0 atom stereocenters. The lowest BCUT2D eigenvalue weighted by Gasteiger charge is -2.33. The summed E-state index contributed by atoms with van der Waals surface area (Å²) in [5, 5.41) is 10.8. The van der Waals surface area contributed by atoms with E-state index in [1.54, 1.807) is 19.1 Å². The molecule has 2 rings (SSSR count). The van der Waals surface area contributed by atoms with Gasteiger partial charge >= 0.3 is 0 Å². The van der Waals surface area contributed by atoms with Gasteiger partial charge in [-0.15, -0.1) is 0 Å². The summed E-state index contributed by atoms with van der Waals surface area (Å²) in [7, 11) is 0. The number of nitro benzene ring substituents is 1. The Labute approximate surface area is 99.7 Å². The smallest absolute Gasteiger partial charge is 0.272 e. The van der Waals surface area contributed by atoms with E-state index in [0.717, 1.165) is 24.2 Å². The first kappa shape index (κ1) is 11.9. The Morgan fingerprint density at radius 1 is 1.35 bits per heavy atom. The van der Waals surface area contributed by atoms with E-state index in [0.29, 0.717) is 5.56 Å². The Morgan fingerprint density at radius 2 is 2.00 bits per heavy atom. The molecule has 0 spiro atoms. The molecule has 5 heteroatoms. The van der Waals surface area contributed by atoms with Crippen molar-refractivity contribution in [3.8, 4) is 5.75 Å². The Morgan fingerprint density at radius 3 is 2.53 bits per heavy atom. The zero-order valence-electron chi connectivity index (χ0n) is 9.97. The van der Waals surface area contributed by atoms with Gasteiger partial charge in [0.2, 0.25) is 0 Å². The molecular weight excluding hydrogens is 220 g/mol. The standard InChI is InChI=1S/C12H16N2O3/c1-7-4-12(17-10-5-9(13)6-10)8(2)3-11(7)14(15)16/h3-4,9-10H,5-6,13H2,1-2H3. The third-order valence-electron chi connectivity index (χ3n) is 3.12. The molecule has 1 aromatic rings. The molecule has 0 amide bonds. The number of nitrogens with zero attached hydrogens (tertiary/aromatic N) is 1. The summed E-state index contributed by atoms with van der Waals surface area (Å²) in [4.78, 5) is 10.4. The van der Waals surface area contributed by atoms with Gasteiger partial charge in [-0.3, -0.25) is 10.1 Å². The number of rotatable bonds is 3. The van der Waals surface area contributed by atoms with Gasteiger partial charge in [-0.05, 0) is 38.3 Å². The van der Waals surface area contributed by atoms with Crippen molar-refractivity contribution in [2.24, 2.45) is 5.73 Å². The molecule has 17 heavy (non-hydrogen) atoms. The molecule has 1 saturated carbocycles. The van der Waals surface area contributed by atoms with Crippen LogP contribution in [0, 0.1) is 24.0 Å². The fraction of sp³-hybridized carbons (Fsp3) is 0.500. The maximum Gasteiger partial charge on any atom is 0.272 e. The van der Waals surface area contributed by atoms with E-state index in [-0.39, 0.29) is 22.8 Å². The van der Waals surface area contributed by atoms with Crippen LogP contribution >= 0.6 is 0 Å². The van der Waals surface area contributed by atoms with Crippen molar-refractivity contribution in [2.45, 2.75) is 38.8 Å². The summed E-state index contributed by atoms with van der Waals surface area (Å²) in [6.07, 6.45) is 1.87. The predicted molar refractivity (Wildman–Crippen MR) is 64.2 cm³/mol. The Kier molecular flexibility index (Phi) is 3.02. The Bertz CT molecular complexity index is 453. The number of benzene rings is 1. The molecule has 0 aromatic heterocycles. The molecule has 0 saturated heterocycles. The topological polar surface area (TPSA) is 78.4 Å². The second-order valence-corrected chi connectivity index (χ2v) is 4.63. The maximum atomic E-state index is 10.8. The summed E-state index contributed by atoms with van der Waals surface area (Å²) in [5.74, 6) is 0.727. The Balaban J connectivity index is 2.18. The molecule has 92 valence electrons. The highest BCUT2D eigenvalue weighted by atomic mass is 16.6. The Hall–Kier alpha value is -1.62. The number of hydrogen-bond acceptors (Lipinski definition) is 4. The molecular formula is C12H16N2O3. The predicted octanol–water partition coefficient (Wildman–Crippen LogP) is 2.08. The van der Waals surface area contributed by atoms with Crippen molar-refractivity contribution in [2.75, 3.05) is 0 Å². The van der Waals surface area contributed by atoms with Gasteiger partial charge in [-0.25, -0.2) is 0 Å². The molecule has 0 heterocycles. The second-order valence-electron chi connectivity index (χ2n) is 4.63. The van der Waals surface area contributed by atoms with Gasteiger partial charge in [0, 0.05) is 17.7 Å². The highest BCUT2D eigenvalue weighted by Crippen LogP contribution is 2.31. The van der Waals surface area contributed by atoms with Crippen molar-refractivity contribution in [3.05, 3.63) is 33.4 Å². The molecule has 0 aliphatic heterocycles. The lowest BCUT2D eigenvalue weighted by Crippen LogP contribution is -2.43. The average Bonchev–Trinajstić information content (AvgIpc) is 2.20. The SMILES string of the molecule is Cc1cc([N+](=O)[O-])c(C)cc1OC1CC(N)C1. The molecule has 2 N–H and O–H groups in total. The fourth-order valence-electron chi connectivity index (χ4n) is 1.98. The van der Waals surface area contributed by atoms with Crippen LogP contribution in [0.3, 0.4) is 0 Å². The van der Waals surface area contributed by atoms with Crippen LogP contribution in [0.1, 0.15) is 24.0 Å². The zero-order chi connectivity index (χ0) is 12.6. The van der Waals surface area contributed by atoms with Crippen LogP contribution in [0.25, 0.3) is 0 Å². The van der Waals surface area contributed by atoms with Crippen LogP contribution in [0.5, 0.6) is 5.75 Å². The van der Waals surface area contributed by atoms with Gasteiger partial charge in [0.05, 0.1) is 4.92 Å². The van der Waals surface area contributed by atoms with Crippen molar-refractivity contribution in [3.63, 3.8) is 0 Å². The molecule has 5 nitrogen and oxygen atoms in total. The van der Waals surface area contributed by atoms with Crippen LogP contribution in [-0.4, -0.2) is 17.1 Å². The lowest BCUT2D eigenvalue weighted by atomic mass is 9.90. The third kappa shape index (κ3) is 2.39. The van der Waals surface area contributed by atoms with E-state index in [2.05, 4.69) is 0 Å². The van der Waals surface area contributed by atoms with E-state index in [1.165, 1.54) is 0 Å². The molecule has 1 aliphatic rings. The summed E-state index contributed by atoms with van der Waals surface area (Å²) in [5.41, 5.74) is 7.24. The van der Waals surface area contributed by atoms with Gasteiger partial charge in [0.25, 0.3) is 5.69 Å². The number of nitrogens with two attached hydrogens (primary N) is 1. The van der Waals surface area contributed by atoms with E-state index >= 15 is 0 Å². The van der Waals surface area contributed by atoms with Crippen LogP contribution in [0.4, 0.5) is 5.69 Å². The normalized spacial score (nSPS) is 23.0. The van der Waals surface area contributed by atoms with Gasteiger partial charge in [-0.1, -0.05) is 0 Å². The summed E-state index contributed by atoms with van der Waals surface area (Å²) in [6.45, 7) is 3.54. The molecule has 1 fully saturated rings. The number of nitro groups is 1. The summed E-state index contributed by atoms with van der Waals surface area (Å²) < 4.78 is 5.76. The first-order valence-electron chi connectivity index (χ1n) is 5.65. The first-order chi connectivity index (χ1) is 7.97. The molecule has 1 aliphatic carbocycles. The number of aryl methyl sites for hydroxylation is 2. The van der Waals surface area contributed by atoms with Crippen molar-refractivity contribution in [1.82, 2.24) is 0 Å². The van der Waals surface area contributed by atoms with E-state index in [9.17, 15) is 10.1 Å². The fourth-order valence-corrected chi connectivity index (χ4v) is 1.98. The van der Waals surface area contributed by atoms with Crippen LogP contribution < -0.4 is 10.5 Å². The van der Waals surface area contributed by atoms with E-state index < -0.39 is 0 Å². The molecule has 0 bridgehead atoms. The third-order valence-corrected chi connectivity index (χ3v) is 3.12. The van der Waals surface area contributed by atoms with Gasteiger partial charge in [0.15, 0.2) is 0 Å². The highest BCUT2D eigenvalue weighted by molar-refractivity contribution is 5.49. The van der Waals surface area contributed by atoms with Crippen LogP contribution in [-0.2, 0) is 0 Å². The lowest BCUT2D eigenvalue weighted by molar-refractivity contribution is -0.385. The summed E-state index contributed by atoms with van der Waals surface area (Å²) >= 11 is 0. The van der Waals surface area contributed by atoms with Crippen molar-refractivity contribution >= 4 is 5.69 Å². The van der Waals surface area contributed by atoms with E-state index in [1.807, 2.05) is 6.92 Å². The highest BCUT2D eigenvalue weighted by Gasteiger charge is 2.28. The molecule has 1 aromatic carbocycles.